The molecule has 25 heavy (non-hydrogen) atoms. The third-order valence-corrected chi connectivity index (χ3v) is 4.13. The van der Waals surface area contributed by atoms with Crippen LogP contribution < -0.4 is 10.1 Å². The molecule has 2 aromatic rings. The van der Waals surface area contributed by atoms with Crippen molar-refractivity contribution in [3.8, 4) is 5.88 Å². The van der Waals surface area contributed by atoms with Gasteiger partial charge in [0.15, 0.2) is 6.61 Å². The minimum absolute atomic E-state index is 0.0420. The first-order chi connectivity index (χ1) is 11.8. The lowest BCUT2D eigenvalue weighted by molar-refractivity contribution is -0.154. The quantitative estimate of drug-likeness (QED) is 0.746. The van der Waals surface area contributed by atoms with E-state index in [0.717, 1.165) is 4.90 Å². The van der Waals surface area contributed by atoms with Gasteiger partial charge >= 0.3 is 6.18 Å². The number of pyridine rings is 1. The first-order valence-electron chi connectivity index (χ1n) is 7.05. The predicted molar refractivity (Wildman–Crippen MR) is 90.2 cm³/mol. The number of carbonyl (C=O) groups excluding carboxylic acids is 1. The second-order valence-electron chi connectivity index (χ2n) is 4.90. The van der Waals surface area contributed by atoms with Crippen molar-refractivity contribution < 1.29 is 22.7 Å². The first-order valence-corrected chi connectivity index (χ1v) is 8.65. The minimum atomic E-state index is -4.47. The molecule has 0 spiro atoms. The zero-order valence-electron chi connectivity index (χ0n) is 13.1. The molecule has 9 heteroatoms. The van der Waals surface area contributed by atoms with Gasteiger partial charge in [0, 0.05) is 23.2 Å². The van der Waals surface area contributed by atoms with Gasteiger partial charge in [-0.1, -0.05) is 17.7 Å². The van der Waals surface area contributed by atoms with Crippen molar-refractivity contribution in [3.05, 3.63) is 52.7 Å². The van der Waals surface area contributed by atoms with Crippen molar-refractivity contribution in [2.45, 2.75) is 17.6 Å². The molecule has 4 nitrogen and oxygen atoms in total. The molecule has 0 aliphatic carbocycles. The van der Waals surface area contributed by atoms with E-state index in [9.17, 15) is 18.0 Å². The summed E-state index contributed by atoms with van der Waals surface area (Å²) in [7, 11) is 0. The number of hydrogen-bond acceptors (Lipinski definition) is 4. The average Bonchev–Trinajstić information content (AvgIpc) is 2.58. The molecule has 0 aliphatic heterocycles. The Morgan fingerprint density at radius 3 is 2.80 bits per heavy atom. The molecule has 1 amide bonds. The summed E-state index contributed by atoms with van der Waals surface area (Å²) < 4.78 is 41.5. The number of alkyl halides is 3. The number of carbonyl (C=O) groups is 1. The topological polar surface area (TPSA) is 51.2 Å². The first kappa shape index (κ1) is 19.4. The second kappa shape index (κ2) is 8.44. The van der Waals surface area contributed by atoms with Crippen LogP contribution >= 0.6 is 23.4 Å². The third-order valence-electron chi connectivity index (χ3n) is 3.08. The lowest BCUT2D eigenvalue weighted by atomic mass is 10.2. The van der Waals surface area contributed by atoms with Gasteiger partial charge in [0.05, 0.1) is 10.6 Å². The summed E-state index contributed by atoms with van der Waals surface area (Å²) in [6, 6.07) is 8.12. The molecule has 0 radical (unpaired) electrons. The van der Waals surface area contributed by atoms with Gasteiger partial charge in [-0.3, -0.25) is 4.79 Å². The fourth-order valence-corrected chi connectivity index (χ4v) is 2.56. The molecule has 1 N–H and O–H groups in total. The molecule has 0 saturated heterocycles. The summed E-state index contributed by atoms with van der Waals surface area (Å²) >= 11 is 7.49. The highest BCUT2D eigenvalue weighted by molar-refractivity contribution is 7.98. The molecule has 0 saturated carbocycles. The van der Waals surface area contributed by atoms with Gasteiger partial charge < -0.3 is 10.1 Å². The van der Waals surface area contributed by atoms with Crippen LogP contribution in [0.5, 0.6) is 5.88 Å². The number of amides is 1. The molecule has 0 aliphatic rings. The maximum atomic E-state index is 12.3. The molecular formula is C16H14ClF3N2O2S. The van der Waals surface area contributed by atoms with Gasteiger partial charge in [-0.2, -0.15) is 13.2 Å². The van der Waals surface area contributed by atoms with Crippen LogP contribution in [-0.4, -0.2) is 29.9 Å². The Bertz CT molecular complexity index is 756. The molecule has 1 aromatic carbocycles. The van der Waals surface area contributed by atoms with E-state index in [1.165, 1.54) is 24.0 Å². The van der Waals surface area contributed by atoms with Crippen molar-refractivity contribution in [3.63, 3.8) is 0 Å². The van der Waals surface area contributed by atoms with Crippen LogP contribution in [0, 0.1) is 0 Å². The Morgan fingerprint density at radius 1 is 1.36 bits per heavy atom. The summed E-state index contributed by atoms with van der Waals surface area (Å²) in [6.07, 6.45) is -1.29. The highest BCUT2D eigenvalue weighted by Crippen LogP contribution is 2.24. The van der Waals surface area contributed by atoms with Gasteiger partial charge in [0.1, 0.15) is 0 Å². The lowest BCUT2D eigenvalue weighted by Crippen LogP contribution is -2.25. The van der Waals surface area contributed by atoms with E-state index < -0.39 is 18.7 Å². The van der Waals surface area contributed by atoms with Gasteiger partial charge in [-0.25, -0.2) is 4.98 Å². The van der Waals surface area contributed by atoms with Crippen LogP contribution in [0.25, 0.3) is 0 Å². The van der Waals surface area contributed by atoms with Gasteiger partial charge in [0.2, 0.25) is 5.88 Å². The molecule has 0 bridgehead atoms. The van der Waals surface area contributed by atoms with E-state index in [0.29, 0.717) is 5.56 Å². The van der Waals surface area contributed by atoms with E-state index >= 15 is 0 Å². The van der Waals surface area contributed by atoms with Gasteiger partial charge in [-0.05, 0) is 30.5 Å². The molecule has 134 valence electrons. The van der Waals surface area contributed by atoms with Crippen molar-refractivity contribution >= 4 is 29.3 Å². The zero-order chi connectivity index (χ0) is 18.4. The molecule has 1 heterocycles. The summed E-state index contributed by atoms with van der Waals surface area (Å²) in [5.74, 6) is -0.615. The summed E-state index contributed by atoms with van der Waals surface area (Å²) in [5, 5.41) is 2.90. The van der Waals surface area contributed by atoms with E-state index in [4.69, 9.17) is 11.6 Å². The van der Waals surface area contributed by atoms with Gasteiger partial charge in [-0.15, -0.1) is 11.8 Å². The third kappa shape index (κ3) is 5.82. The summed E-state index contributed by atoms with van der Waals surface area (Å²) in [6.45, 7) is -1.49. The van der Waals surface area contributed by atoms with Crippen molar-refractivity contribution in [1.82, 2.24) is 10.3 Å². The Balaban J connectivity index is 2.07. The number of hydrogen-bond donors (Lipinski definition) is 1. The average molecular weight is 391 g/mol. The molecule has 0 fully saturated rings. The van der Waals surface area contributed by atoms with Gasteiger partial charge in [0.25, 0.3) is 5.91 Å². The number of benzene rings is 1. The van der Waals surface area contributed by atoms with Crippen LogP contribution in [0.3, 0.4) is 0 Å². The number of ether oxygens (including phenoxy) is 1. The molecule has 1 aromatic heterocycles. The van der Waals surface area contributed by atoms with E-state index in [2.05, 4.69) is 15.0 Å². The van der Waals surface area contributed by atoms with E-state index in [1.54, 1.807) is 24.3 Å². The Hall–Kier alpha value is -1.93. The molecule has 0 atom stereocenters. The standard InChI is InChI=1S/C16H14ClF3N2O2S/c1-25-11-4-5-13(17)12(7-11)14(23)22-8-10-3-2-6-21-15(10)24-9-16(18,19)20/h2-7H,8-9H2,1H3,(H,22,23). The maximum Gasteiger partial charge on any atom is 0.422 e. The fraction of sp³-hybridized carbons (Fsp3) is 0.250. The van der Waals surface area contributed by atoms with Crippen molar-refractivity contribution in [2.75, 3.05) is 12.9 Å². The van der Waals surface area contributed by atoms with E-state index in [-0.39, 0.29) is 23.0 Å². The van der Waals surface area contributed by atoms with Crippen LogP contribution in [0.15, 0.2) is 41.4 Å². The molecule has 0 unspecified atom stereocenters. The smallest absolute Gasteiger partial charge is 0.422 e. The zero-order valence-corrected chi connectivity index (χ0v) is 14.6. The normalized spacial score (nSPS) is 11.2. The number of thioether (sulfide) groups is 1. The molecule has 2 rings (SSSR count). The Labute approximate surface area is 151 Å². The maximum absolute atomic E-state index is 12.3. The summed E-state index contributed by atoms with van der Waals surface area (Å²) in [4.78, 5) is 16.9. The predicted octanol–water partition coefficient (Wildman–Crippen LogP) is 4.33. The van der Waals surface area contributed by atoms with E-state index in [1.807, 2.05) is 6.26 Å². The largest absolute Gasteiger partial charge is 0.468 e. The number of halogens is 4. The summed E-state index contributed by atoms with van der Waals surface area (Å²) in [5.41, 5.74) is 0.618. The van der Waals surface area contributed by atoms with Crippen LogP contribution in [0.2, 0.25) is 5.02 Å². The number of aromatic nitrogens is 1. The van der Waals surface area contributed by atoms with Crippen LogP contribution in [0.1, 0.15) is 15.9 Å². The number of nitrogens with one attached hydrogen (secondary N) is 1. The number of rotatable bonds is 6. The van der Waals surface area contributed by atoms with Crippen molar-refractivity contribution in [1.29, 1.82) is 0 Å². The molecular weight excluding hydrogens is 377 g/mol. The van der Waals surface area contributed by atoms with Crippen LogP contribution in [0.4, 0.5) is 13.2 Å². The Morgan fingerprint density at radius 2 is 2.12 bits per heavy atom. The highest BCUT2D eigenvalue weighted by Gasteiger charge is 2.29. The monoisotopic (exact) mass is 390 g/mol. The lowest BCUT2D eigenvalue weighted by Gasteiger charge is -2.13. The highest BCUT2D eigenvalue weighted by atomic mass is 35.5. The minimum Gasteiger partial charge on any atom is -0.468 e. The van der Waals surface area contributed by atoms with Crippen LogP contribution in [-0.2, 0) is 6.54 Å². The second-order valence-corrected chi connectivity index (χ2v) is 6.19. The van der Waals surface area contributed by atoms with Crippen molar-refractivity contribution in [2.24, 2.45) is 0 Å². The number of nitrogens with zero attached hydrogens (tertiary/aromatic N) is 1. The fourth-order valence-electron chi connectivity index (χ4n) is 1.91. The SMILES string of the molecule is CSc1ccc(Cl)c(C(=O)NCc2cccnc2OCC(F)(F)F)c1. The Kier molecular flexibility index (Phi) is 6.55.